The SMILES string of the molecule is Cc1ncccc1OCCN1CCN(c2ccc(C#N)c3c2OCCO3)CC1. The quantitative estimate of drug-likeness (QED) is 0.788. The topological polar surface area (TPSA) is 70.9 Å². The lowest BCUT2D eigenvalue weighted by Gasteiger charge is -2.37. The summed E-state index contributed by atoms with van der Waals surface area (Å²) in [4.78, 5) is 8.95. The summed E-state index contributed by atoms with van der Waals surface area (Å²) in [7, 11) is 0. The lowest BCUT2D eigenvalue weighted by Crippen LogP contribution is -2.47. The molecule has 7 heteroatoms. The molecule has 7 nitrogen and oxygen atoms in total. The highest BCUT2D eigenvalue weighted by Gasteiger charge is 2.25. The van der Waals surface area contributed by atoms with E-state index in [9.17, 15) is 5.26 Å². The molecule has 0 spiro atoms. The second-order valence-electron chi connectivity index (χ2n) is 6.86. The van der Waals surface area contributed by atoms with Crippen LogP contribution in [0.2, 0.25) is 0 Å². The summed E-state index contributed by atoms with van der Waals surface area (Å²) in [5.41, 5.74) is 2.45. The first kappa shape index (κ1) is 18.4. The molecule has 28 heavy (non-hydrogen) atoms. The van der Waals surface area contributed by atoms with Gasteiger partial charge in [0.1, 0.15) is 31.6 Å². The molecule has 1 saturated heterocycles. The molecule has 0 N–H and O–H groups in total. The fraction of sp³-hybridized carbons (Fsp3) is 0.429. The van der Waals surface area contributed by atoms with Crippen LogP contribution in [0.3, 0.4) is 0 Å². The molecule has 0 atom stereocenters. The van der Waals surface area contributed by atoms with Gasteiger partial charge in [0.15, 0.2) is 11.5 Å². The number of nitriles is 1. The van der Waals surface area contributed by atoms with Crippen molar-refractivity contribution < 1.29 is 14.2 Å². The third-order valence-corrected chi connectivity index (χ3v) is 5.12. The second-order valence-corrected chi connectivity index (χ2v) is 6.86. The lowest BCUT2D eigenvalue weighted by atomic mass is 10.1. The van der Waals surface area contributed by atoms with Gasteiger partial charge in [-0.1, -0.05) is 0 Å². The molecule has 0 amide bonds. The number of pyridine rings is 1. The number of nitrogens with zero attached hydrogens (tertiary/aromatic N) is 4. The van der Waals surface area contributed by atoms with Crippen molar-refractivity contribution in [3.63, 3.8) is 0 Å². The van der Waals surface area contributed by atoms with Crippen molar-refractivity contribution in [2.24, 2.45) is 0 Å². The van der Waals surface area contributed by atoms with Crippen LogP contribution in [0, 0.1) is 18.3 Å². The van der Waals surface area contributed by atoms with Gasteiger partial charge in [-0.3, -0.25) is 9.88 Å². The Morgan fingerprint density at radius 2 is 1.89 bits per heavy atom. The van der Waals surface area contributed by atoms with Crippen molar-refractivity contribution in [3.8, 4) is 23.3 Å². The molecular formula is C21H24N4O3. The second kappa shape index (κ2) is 8.36. The fourth-order valence-electron chi connectivity index (χ4n) is 3.58. The van der Waals surface area contributed by atoms with Crippen LogP contribution in [0.1, 0.15) is 11.3 Å². The van der Waals surface area contributed by atoms with Crippen LogP contribution in [0.4, 0.5) is 5.69 Å². The van der Waals surface area contributed by atoms with E-state index in [0.717, 1.165) is 49.9 Å². The molecule has 0 saturated carbocycles. The first-order valence-corrected chi connectivity index (χ1v) is 9.60. The largest absolute Gasteiger partial charge is 0.490 e. The van der Waals surface area contributed by atoms with Crippen molar-refractivity contribution >= 4 is 5.69 Å². The predicted octanol–water partition coefficient (Wildman–Crippen LogP) is 2.23. The zero-order valence-corrected chi connectivity index (χ0v) is 16.1. The number of fused-ring (bicyclic) bond motifs is 1. The van der Waals surface area contributed by atoms with E-state index < -0.39 is 0 Å². The van der Waals surface area contributed by atoms with E-state index in [0.29, 0.717) is 36.9 Å². The number of ether oxygens (including phenoxy) is 3. The van der Waals surface area contributed by atoms with Crippen LogP contribution < -0.4 is 19.1 Å². The standard InChI is InChI=1S/C21H24N4O3/c1-16-19(3-2-6-23-16)26-12-11-24-7-9-25(10-8-24)18-5-4-17(15-22)20-21(18)28-14-13-27-20/h2-6H,7-14H2,1H3. The van der Waals surface area contributed by atoms with E-state index in [1.807, 2.05) is 31.2 Å². The molecule has 2 aliphatic rings. The van der Waals surface area contributed by atoms with E-state index in [1.54, 1.807) is 6.20 Å². The average Bonchev–Trinajstić information content (AvgIpc) is 2.75. The van der Waals surface area contributed by atoms with Gasteiger partial charge in [0.25, 0.3) is 0 Å². The van der Waals surface area contributed by atoms with Crippen LogP contribution in [0.15, 0.2) is 30.5 Å². The minimum atomic E-state index is 0.481. The highest BCUT2D eigenvalue weighted by atomic mass is 16.6. The van der Waals surface area contributed by atoms with Gasteiger partial charge in [0.05, 0.1) is 16.9 Å². The summed E-state index contributed by atoms with van der Waals surface area (Å²) in [5.74, 6) is 2.13. The Bertz CT molecular complexity index is 872. The molecule has 0 radical (unpaired) electrons. The summed E-state index contributed by atoms with van der Waals surface area (Å²) < 4.78 is 17.4. The van der Waals surface area contributed by atoms with Crippen LogP contribution in [-0.2, 0) is 0 Å². The molecule has 1 fully saturated rings. The van der Waals surface area contributed by atoms with Gasteiger partial charge in [-0.2, -0.15) is 5.26 Å². The van der Waals surface area contributed by atoms with Gasteiger partial charge in [0.2, 0.25) is 0 Å². The maximum atomic E-state index is 9.29. The van der Waals surface area contributed by atoms with E-state index in [2.05, 4.69) is 20.9 Å². The van der Waals surface area contributed by atoms with Crippen LogP contribution in [-0.4, -0.2) is 62.4 Å². The van der Waals surface area contributed by atoms with Crippen molar-refractivity contribution in [2.75, 3.05) is 57.4 Å². The molecule has 1 aromatic heterocycles. The van der Waals surface area contributed by atoms with Crippen molar-refractivity contribution in [3.05, 3.63) is 41.7 Å². The average molecular weight is 380 g/mol. The highest BCUT2D eigenvalue weighted by Crippen LogP contribution is 2.42. The summed E-state index contributed by atoms with van der Waals surface area (Å²) in [5, 5.41) is 9.29. The Morgan fingerprint density at radius 3 is 2.64 bits per heavy atom. The number of hydrogen-bond donors (Lipinski definition) is 0. The molecule has 1 aromatic carbocycles. The van der Waals surface area contributed by atoms with Crippen LogP contribution in [0.25, 0.3) is 0 Å². The Kier molecular flexibility index (Phi) is 5.49. The third-order valence-electron chi connectivity index (χ3n) is 5.12. The number of aromatic nitrogens is 1. The molecule has 2 aromatic rings. The van der Waals surface area contributed by atoms with Crippen molar-refractivity contribution in [2.45, 2.75) is 6.92 Å². The number of hydrogen-bond acceptors (Lipinski definition) is 7. The third kappa shape index (κ3) is 3.82. The molecule has 0 unspecified atom stereocenters. The maximum Gasteiger partial charge on any atom is 0.186 e. The summed E-state index contributed by atoms with van der Waals surface area (Å²) in [6.07, 6.45) is 1.78. The Balaban J connectivity index is 1.33. The zero-order valence-electron chi connectivity index (χ0n) is 16.1. The fourth-order valence-corrected chi connectivity index (χ4v) is 3.58. The maximum absolute atomic E-state index is 9.29. The first-order valence-electron chi connectivity index (χ1n) is 9.60. The highest BCUT2D eigenvalue weighted by molar-refractivity contribution is 5.70. The normalized spacial score (nSPS) is 16.5. The smallest absolute Gasteiger partial charge is 0.186 e. The number of piperazine rings is 1. The Hall–Kier alpha value is -2.98. The number of anilines is 1. The van der Waals surface area contributed by atoms with E-state index in [4.69, 9.17) is 14.2 Å². The van der Waals surface area contributed by atoms with Crippen molar-refractivity contribution in [1.82, 2.24) is 9.88 Å². The van der Waals surface area contributed by atoms with Gasteiger partial charge in [-0.05, 0) is 31.2 Å². The van der Waals surface area contributed by atoms with Gasteiger partial charge in [-0.25, -0.2) is 0 Å². The summed E-state index contributed by atoms with van der Waals surface area (Å²) in [6, 6.07) is 9.82. The Labute approximate surface area is 165 Å². The molecular weight excluding hydrogens is 356 g/mol. The number of rotatable bonds is 5. The molecule has 3 heterocycles. The molecule has 0 aliphatic carbocycles. The van der Waals surface area contributed by atoms with Gasteiger partial charge < -0.3 is 19.1 Å². The van der Waals surface area contributed by atoms with E-state index >= 15 is 0 Å². The monoisotopic (exact) mass is 380 g/mol. The van der Waals surface area contributed by atoms with Crippen LogP contribution in [0.5, 0.6) is 17.2 Å². The van der Waals surface area contributed by atoms with Crippen LogP contribution >= 0.6 is 0 Å². The van der Waals surface area contributed by atoms with Gasteiger partial charge in [-0.15, -0.1) is 0 Å². The number of aryl methyl sites for hydroxylation is 1. The molecule has 2 aliphatic heterocycles. The Morgan fingerprint density at radius 1 is 1.11 bits per heavy atom. The minimum absolute atomic E-state index is 0.481. The zero-order chi connectivity index (χ0) is 19.3. The van der Waals surface area contributed by atoms with Gasteiger partial charge >= 0.3 is 0 Å². The predicted molar refractivity (Wildman–Crippen MR) is 105 cm³/mol. The lowest BCUT2D eigenvalue weighted by molar-refractivity contribution is 0.170. The van der Waals surface area contributed by atoms with Crippen molar-refractivity contribution in [1.29, 1.82) is 5.26 Å². The summed E-state index contributed by atoms with van der Waals surface area (Å²) in [6.45, 7) is 8.17. The van der Waals surface area contributed by atoms with E-state index in [1.165, 1.54) is 0 Å². The first-order chi connectivity index (χ1) is 13.8. The molecule has 146 valence electrons. The minimum Gasteiger partial charge on any atom is -0.490 e. The summed E-state index contributed by atoms with van der Waals surface area (Å²) >= 11 is 0. The molecule has 0 bridgehead atoms. The number of benzene rings is 1. The van der Waals surface area contributed by atoms with Gasteiger partial charge in [0, 0.05) is 38.9 Å². The van der Waals surface area contributed by atoms with E-state index in [-0.39, 0.29) is 0 Å². The molecule has 4 rings (SSSR count).